The Morgan fingerprint density at radius 1 is 1.33 bits per heavy atom. The first-order valence-corrected chi connectivity index (χ1v) is 10.1. The molecule has 1 rings (SSSR count). The minimum absolute atomic E-state index is 0.00166. The van der Waals surface area contributed by atoms with Gasteiger partial charge < -0.3 is 9.16 Å². The van der Waals surface area contributed by atoms with Crippen LogP contribution in [0.3, 0.4) is 0 Å². The number of carbonyl (C=O) groups excluding carboxylic acids is 1. The first-order valence-electron chi connectivity index (χ1n) is 6.68. The molecule has 0 spiro atoms. The summed E-state index contributed by atoms with van der Waals surface area (Å²) in [7, 11) is -1.52. The summed E-state index contributed by atoms with van der Waals surface area (Å²) in [5, 5.41) is 0. The summed E-state index contributed by atoms with van der Waals surface area (Å²) in [6, 6.07) is 0. The van der Waals surface area contributed by atoms with Crippen molar-refractivity contribution in [3.05, 3.63) is 11.8 Å². The molecule has 0 aromatic carbocycles. The molecular formula is C14H26O3Si. The molecule has 0 N–H and O–H groups in total. The molecular weight excluding hydrogens is 244 g/mol. The first-order chi connectivity index (χ1) is 8.07. The van der Waals surface area contributed by atoms with Crippen molar-refractivity contribution in [3.63, 3.8) is 0 Å². The Balaban J connectivity index is 2.50. The highest BCUT2D eigenvalue weighted by molar-refractivity contribution is 6.70. The molecule has 0 radical (unpaired) electrons. The molecule has 3 nitrogen and oxygen atoms in total. The zero-order chi connectivity index (χ0) is 14.0. The van der Waals surface area contributed by atoms with Gasteiger partial charge in [0.05, 0.1) is 11.7 Å². The van der Waals surface area contributed by atoms with E-state index in [-0.39, 0.29) is 11.9 Å². The normalized spacial score (nSPS) is 21.2. The molecule has 0 aromatic heterocycles. The average molecular weight is 270 g/mol. The lowest BCUT2D eigenvalue weighted by Crippen LogP contribution is -2.30. The molecule has 104 valence electrons. The van der Waals surface area contributed by atoms with E-state index in [2.05, 4.69) is 25.7 Å². The van der Waals surface area contributed by atoms with Crippen LogP contribution in [0, 0.1) is 5.92 Å². The van der Waals surface area contributed by atoms with E-state index in [1.165, 1.54) is 0 Å². The van der Waals surface area contributed by atoms with Crippen molar-refractivity contribution < 1.29 is 14.0 Å². The van der Waals surface area contributed by atoms with E-state index in [0.717, 1.165) is 25.0 Å². The number of rotatable bonds is 3. The average Bonchev–Trinajstić information content (AvgIpc) is 2.13. The summed E-state index contributed by atoms with van der Waals surface area (Å²) >= 11 is 0. The van der Waals surface area contributed by atoms with Gasteiger partial charge >= 0.3 is 5.97 Å². The van der Waals surface area contributed by atoms with Crippen LogP contribution < -0.4 is 0 Å². The van der Waals surface area contributed by atoms with Crippen LogP contribution in [0.15, 0.2) is 11.8 Å². The summed E-state index contributed by atoms with van der Waals surface area (Å²) in [6.07, 6.45) is 4.50. The molecule has 0 fully saturated rings. The number of hydrogen-bond donors (Lipinski definition) is 0. The van der Waals surface area contributed by atoms with Crippen molar-refractivity contribution in [2.45, 2.75) is 65.3 Å². The maximum absolute atomic E-state index is 11.9. The van der Waals surface area contributed by atoms with Crippen molar-refractivity contribution in [1.82, 2.24) is 0 Å². The molecule has 1 aliphatic rings. The van der Waals surface area contributed by atoms with Gasteiger partial charge in [-0.05, 0) is 59.3 Å². The Morgan fingerprint density at radius 3 is 2.33 bits per heavy atom. The highest BCUT2D eigenvalue weighted by atomic mass is 28.4. The number of carbonyl (C=O) groups is 1. The Kier molecular flexibility index (Phi) is 4.64. The second-order valence-corrected chi connectivity index (χ2v) is 11.3. The second-order valence-electron chi connectivity index (χ2n) is 6.89. The summed E-state index contributed by atoms with van der Waals surface area (Å²) in [5.41, 5.74) is -0.393. The molecule has 18 heavy (non-hydrogen) atoms. The fourth-order valence-electron chi connectivity index (χ4n) is 1.90. The van der Waals surface area contributed by atoms with Gasteiger partial charge in [0.1, 0.15) is 5.60 Å². The van der Waals surface area contributed by atoms with Crippen LogP contribution in [0.4, 0.5) is 0 Å². The Labute approximate surface area is 112 Å². The molecule has 1 atom stereocenters. The molecule has 0 saturated carbocycles. The van der Waals surface area contributed by atoms with Crippen LogP contribution in [-0.4, -0.2) is 19.9 Å². The first kappa shape index (κ1) is 15.3. The van der Waals surface area contributed by atoms with Gasteiger partial charge in [-0.15, -0.1) is 0 Å². The van der Waals surface area contributed by atoms with Gasteiger partial charge in [0, 0.05) is 6.42 Å². The minimum Gasteiger partial charge on any atom is -0.548 e. The molecule has 0 aliphatic heterocycles. The largest absolute Gasteiger partial charge is 0.548 e. The summed E-state index contributed by atoms with van der Waals surface area (Å²) < 4.78 is 11.4. The van der Waals surface area contributed by atoms with E-state index >= 15 is 0 Å². The topological polar surface area (TPSA) is 35.5 Å². The quantitative estimate of drug-likeness (QED) is 0.577. The lowest BCUT2D eigenvalue weighted by Gasteiger charge is -2.28. The van der Waals surface area contributed by atoms with Crippen LogP contribution in [-0.2, 0) is 14.0 Å². The lowest BCUT2D eigenvalue weighted by molar-refractivity contribution is -0.160. The van der Waals surface area contributed by atoms with Crippen LogP contribution in [0.2, 0.25) is 19.6 Å². The number of ether oxygens (including phenoxy) is 1. The smallest absolute Gasteiger partial charge is 0.309 e. The molecule has 1 unspecified atom stereocenters. The third kappa shape index (κ3) is 5.71. The van der Waals surface area contributed by atoms with E-state index in [4.69, 9.17) is 9.16 Å². The summed E-state index contributed by atoms with van der Waals surface area (Å²) in [4.78, 5) is 11.9. The van der Waals surface area contributed by atoms with E-state index in [9.17, 15) is 4.79 Å². The van der Waals surface area contributed by atoms with E-state index in [0.29, 0.717) is 0 Å². The van der Waals surface area contributed by atoms with Gasteiger partial charge in [0.2, 0.25) is 8.32 Å². The number of allylic oxidation sites excluding steroid dienone is 2. The summed E-state index contributed by atoms with van der Waals surface area (Å²) in [6.45, 7) is 12.2. The van der Waals surface area contributed by atoms with Crippen molar-refractivity contribution in [2.75, 3.05) is 0 Å². The minimum atomic E-state index is -1.52. The fraction of sp³-hybridized carbons (Fsp3) is 0.786. The molecule has 1 aliphatic carbocycles. The van der Waals surface area contributed by atoms with E-state index in [1.54, 1.807) is 0 Å². The monoisotopic (exact) mass is 270 g/mol. The SMILES string of the molecule is CC(C)(C)OC(=O)C1CC=C(O[Si](C)(C)C)CC1. The predicted molar refractivity (Wildman–Crippen MR) is 75.7 cm³/mol. The third-order valence-electron chi connectivity index (χ3n) is 2.55. The Hall–Kier alpha value is -0.773. The molecule has 0 aromatic rings. The second kappa shape index (κ2) is 5.47. The van der Waals surface area contributed by atoms with Crippen LogP contribution in [0.5, 0.6) is 0 Å². The maximum Gasteiger partial charge on any atom is 0.309 e. The Morgan fingerprint density at radius 2 is 1.94 bits per heavy atom. The molecule has 4 heteroatoms. The van der Waals surface area contributed by atoms with Crippen LogP contribution >= 0.6 is 0 Å². The van der Waals surface area contributed by atoms with Gasteiger partial charge in [0.15, 0.2) is 0 Å². The van der Waals surface area contributed by atoms with Crippen molar-refractivity contribution in [1.29, 1.82) is 0 Å². The summed E-state index contributed by atoms with van der Waals surface area (Å²) in [5.74, 6) is 0.984. The van der Waals surface area contributed by atoms with E-state index < -0.39 is 13.9 Å². The number of hydrogen-bond acceptors (Lipinski definition) is 3. The highest BCUT2D eigenvalue weighted by Crippen LogP contribution is 2.28. The zero-order valence-corrected chi connectivity index (χ0v) is 13.5. The van der Waals surface area contributed by atoms with Gasteiger partial charge in [-0.3, -0.25) is 4.79 Å². The van der Waals surface area contributed by atoms with Crippen molar-refractivity contribution in [3.8, 4) is 0 Å². The fourth-order valence-corrected chi connectivity index (χ4v) is 2.87. The zero-order valence-electron chi connectivity index (χ0n) is 12.5. The standard InChI is InChI=1S/C14H26O3Si/c1-14(2,3)16-13(15)11-7-9-12(10-8-11)17-18(4,5)6/h9,11H,7-8,10H2,1-6H3. The number of esters is 1. The Bertz CT molecular complexity index is 334. The molecule has 0 amide bonds. The van der Waals surface area contributed by atoms with Crippen molar-refractivity contribution >= 4 is 14.3 Å². The molecule has 0 bridgehead atoms. The highest BCUT2D eigenvalue weighted by Gasteiger charge is 2.28. The molecule has 0 saturated heterocycles. The van der Waals surface area contributed by atoms with Crippen LogP contribution in [0.25, 0.3) is 0 Å². The van der Waals surface area contributed by atoms with Gasteiger partial charge in [0.25, 0.3) is 0 Å². The van der Waals surface area contributed by atoms with E-state index in [1.807, 2.05) is 20.8 Å². The van der Waals surface area contributed by atoms with Crippen molar-refractivity contribution in [2.24, 2.45) is 5.92 Å². The maximum atomic E-state index is 11.9. The lowest BCUT2D eigenvalue weighted by atomic mass is 9.93. The van der Waals surface area contributed by atoms with Gasteiger partial charge in [-0.2, -0.15) is 0 Å². The third-order valence-corrected chi connectivity index (χ3v) is 3.42. The van der Waals surface area contributed by atoms with Crippen LogP contribution in [0.1, 0.15) is 40.0 Å². The van der Waals surface area contributed by atoms with Gasteiger partial charge in [-0.1, -0.05) is 0 Å². The van der Waals surface area contributed by atoms with Gasteiger partial charge in [-0.25, -0.2) is 0 Å². The molecule has 0 heterocycles. The predicted octanol–water partition coefficient (Wildman–Crippen LogP) is 3.86.